The fourth-order valence-corrected chi connectivity index (χ4v) is 2.06. The quantitative estimate of drug-likeness (QED) is 0.615. The van der Waals surface area contributed by atoms with Crippen LogP contribution in [0.2, 0.25) is 5.02 Å². The molecule has 2 N–H and O–H groups in total. The molecule has 0 bridgehead atoms. The molecule has 2 aromatic rings. The zero-order chi connectivity index (χ0) is 13.1. The Hall–Kier alpha value is -1.27. The minimum atomic E-state index is 0.0424. The Bertz CT molecular complexity index is 610. The van der Waals surface area contributed by atoms with Crippen molar-refractivity contribution in [1.29, 1.82) is 0 Å². The SMILES string of the molecule is Oc1ccc(Cl)cc1N=Cc1cccc(I)c1O. The van der Waals surface area contributed by atoms with Crippen LogP contribution >= 0.6 is 34.2 Å². The van der Waals surface area contributed by atoms with Crippen molar-refractivity contribution in [2.75, 3.05) is 0 Å². The molecule has 5 heteroatoms. The molecule has 0 atom stereocenters. The van der Waals surface area contributed by atoms with E-state index < -0.39 is 0 Å². The highest BCUT2D eigenvalue weighted by atomic mass is 127. The summed E-state index contributed by atoms with van der Waals surface area (Å²) in [5.41, 5.74) is 0.946. The second-order valence-electron chi connectivity index (χ2n) is 3.57. The molecule has 0 radical (unpaired) electrons. The highest BCUT2D eigenvalue weighted by Crippen LogP contribution is 2.30. The van der Waals surface area contributed by atoms with Gasteiger partial charge in [0.2, 0.25) is 0 Å². The Balaban J connectivity index is 2.36. The molecule has 0 aliphatic rings. The molecule has 2 rings (SSSR count). The minimum Gasteiger partial charge on any atom is -0.506 e. The lowest BCUT2D eigenvalue weighted by Gasteiger charge is -2.02. The van der Waals surface area contributed by atoms with Crippen molar-refractivity contribution < 1.29 is 10.2 Å². The number of para-hydroxylation sites is 1. The number of aliphatic imine (C=N–C) groups is 1. The van der Waals surface area contributed by atoms with Crippen LogP contribution in [-0.2, 0) is 0 Å². The third-order valence-corrected chi connectivity index (χ3v) is 3.40. The van der Waals surface area contributed by atoms with Crippen molar-refractivity contribution in [2.24, 2.45) is 4.99 Å². The summed E-state index contributed by atoms with van der Waals surface area (Å²) in [6.07, 6.45) is 1.49. The second kappa shape index (κ2) is 5.58. The van der Waals surface area contributed by atoms with E-state index in [-0.39, 0.29) is 11.5 Å². The fraction of sp³-hybridized carbons (Fsp3) is 0. The maximum atomic E-state index is 9.81. The zero-order valence-corrected chi connectivity index (χ0v) is 12.1. The molecule has 18 heavy (non-hydrogen) atoms. The number of hydrogen-bond acceptors (Lipinski definition) is 3. The van der Waals surface area contributed by atoms with Crippen LogP contribution in [0.3, 0.4) is 0 Å². The number of rotatable bonds is 2. The van der Waals surface area contributed by atoms with Gasteiger partial charge in [0, 0.05) is 16.8 Å². The minimum absolute atomic E-state index is 0.0424. The fourth-order valence-electron chi connectivity index (χ4n) is 1.38. The van der Waals surface area contributed by atoms with E-state index in [1.54, 1.807) is 24.3 Å². The molecule has 3 nitrogen and oxygen atoms in total. The van der Waals surface area contributed by atoms with Crippen LogP contribution in [0, 0.1) is 3.57 Å². The van der Waals surface area contributed by atoms with Crippen molar-refractivity contribution in [2.45, 2.75) is 0 Å². The Morgan fingerprint density at radius 3 is 2.72 bits per heavy atom. The van der Waals surface area contributed by atoms with Crippen molar-refractivity contribution in [3.8, 4) is 11.5 Å². The van der Waals surface area contributed by atoms with Crippen molar-refractivity contribution in [3.63, 3.8) is 0 Å². The van der Waals surface area contributed by atoms with Crippen LogP contribution in [0.15, 0.2) is 41.4 Å². The predicted molar refractivity (Wildman–Crippen MR) is 81.2 cm³/mol. The van der Waals surface area contributed by atoms with Gasteiger partial charge >= 0.3 is 0 Å². The van der Waals surface area contributed by atoms with E-state index in [0.29, 0.717) is 16.3 Å². The van der Waals surface area contributed by atoms with Crippen molar-refractivity contribution in [1.82, 2.24) is 0 Å². The highest BCUT2D eigenvalue weighted by Gasteiger charge is 2.03. The molecule has 0 fully saturated rings. The van der Waals surface area contributed by atoms with E-state index in [2.05, 4.69) is 4.99 Å². The number of aromatic hydroxyl groups is 2. The first-order chi connectivity index (χ1) is 8.58. The van der Waals surface area contributed by atoms with Crippen LogP contribution in [0.5, 0.6) is 11.5 Å². The van der Waals surface area contributed by atoms with Gasteiger partial charge in [-0.05, 0) is 52.9 Å². The van der Waals surface area contributed by atoms with Gasteiger partial charge in [-0.2, -0.15) is 0 Å². The molecule has 0 aromatic heterocycles. The van der Waals surface area contributed by atoms with Gasteiger partial charge < -0.3 is 10.2 Å². The standard InChI is InChI=1S/C13H9ClINO2/c14-9-4-5-12(17)11(6-9)16-7-8-2-1-3-10(15)13(8)18/h1-7,17-18H. The number of halogens is 2. The summed E-state index contributed by atoms with van der Waals surface area (Å²) >= 11 is 7.85. The lowest BCUT2D eigenvalue weighted by Crippen LogP contribution is -1.84. The van der Waals surface area contributed by atoms with Gasteiger partial charge in [0.05, 0.1) is 3.57 Å². The van der Waals surface area contributed by atoms with Crippen LogP contribution in [0.4, 0.5) is 5.69 Å². The first kappa shape index (κ1) is 13.2. The van der Waals surface area contributed by atoms with Crippen LogP contribution in [0.1, 0.15) is 5.56 Å². The summed E-state index contributed by atoms with van der Waals surface area (Å²) in [7, 11) is 0. The molecule has 0 amide bonds. The van der Waals surface area contributed by atoms with Crippen LogP contribution in [0.25, 0.3) is 0 Å². The zero-order valence-electron chi connectivity index (χ0n) is 9.14. The van der Waals surface area contributed by atoms with Crippen molar-refractivity contribution in [3.05, 3.63) is 50.6 Å². The average Bonchev–Trinajstić information content (AvgIpc) is 2.35. The molecule has 0 saturated heterocycles. The van der Waals surface area contributed by atoms with E-state index in [4.69, 9.17) is 11.6 Å². The van der Waals surface area contributed by atoms with E-state index >= 15 is 0 Å². The lowest BCUT2D eigenvalue weighted by atomic mass is 10.2. The van der Waals surface area contributed by atoms with Gasteiger partial charge in [0.25, 0.3) is 0 Å². The van der Waals surface area contributed by atoms with Gasteiger partial charge in [0.15, 0.2) is 0 Å². The lowest BCUT2D eigenvalue weighted by molar-refractivity contribution is 0.470. The third kappa shape index (κ3) is 2.94. The Morgan fingerprint density at radius 2 is 1.94 bits per heavy atom. The second-order valence-corrected chi connectivity index (χ2v) is 5.17. The molecule has 92 valence electrons. The number of benzene rings is 2. The number of hydrogen-bond donors (Lipinski definition) is 2. The summed E-state index contributed by atoms with van der Waals surface area (Å²) in [4.78, 5) is 4.12. The summed E-state index contributed by atoms with van der Waals surface area (Å²) in [5, 5.41) is 19.9. The topological polar surface area (TPSA) is 52.8 Å². The van der Waals surface area contributed by atoms with Gasteiger partial charge in [0.1, 0.15) is 17.2 Å². The Morgan fingerprint density at radius 1 is 1.17 bits per heavy atom. The van der Waals surface area contributed by atoms with Crippen molar-refractivity contribution >= 4 is 46.1 Å². The Kier molecular flexibility index (Phi) is 4.08. The van der Waals surface area contributed by atoms with E-state index in [1.165, 1.54) is 12.3 Å². The summed E-state index contributed by atoms with van der Waals surface area (Å²) < 4.78 is 0.742. The molecule has 0 spiro atoms. The molecule has 0 heterocycles. The summed E-state index contributed by atoms with van der Waals surface area (Å²) in [6, 6.07) is 9.97. The van der Waals surface area contributed by atoms with Gasteiger partial charge in [-0.15, -0.1) is 0 Å². The Labute approximate surface area is 123 Å². The first-order valence-corrected chi connectivity index (χ1v) is 6.53. The average molecular weight is 374 g/mol. The summed E-state index contributed by atoms with van der Waals surface area (Å²) in [5.74, 6) is 0.212. The smallest absolute Gasteiger partial charge is 0.141 e. The molecular weight excluding hydrogens is 365 g/mol. The van der Waals surface area contributed by atoms with Gasteiger partial charge in [-0.3, -0.25) is 4.99 Å². The van der Waals surface area contributed by atoms with Gasteiger partial charge in [-0.1, -0.05) is 17.7 Å². The van der Waals surface area contributed by atoms with Crippen LogP contribution in [-0.4, -0.2) is 16.4 Å². The monoisotopic (exact) mass is 373 g/mol. The molecular formula is C13H9ClINO2. The number of phenolic OH excluding ortho intramolecular Hbond substituents is 2. The molecule has 0 unspecified atom stereocenters. The number of nitrogens with zero attached hydrogens (tertiary/aromatic N) is 1. The molecule has 0 aliphatic carbocycles. The van der Waals surface area contributed by atoms with E-state index in [9.17, 15) is 10.2 Å². The highest BCUT2D eigenvalue weighted by molar-refractivity contribution is 14.1. The molecule has 0 saturated carbocycles. The predicted octanol–water partition coefficient (Wildman–Crippen LogP) is 4.11. The molecule has 0 aliphatic heterocycles. The maximum Gasteiger partial charge on any atom is 0.141 e. The van der Waals surface area contributed by atoms with E-state index in [0.717, 1.165) is 3.57 Å². The van der Waals surface area contributed by atoms with Crippen LogP contribution < -0.4 is 0 Å². The maximum absolute atomic E-state index is 9.81. The first-order valence-electron chi connectivity index (χ1n) is 5.08. The molecule has 2 aromatic carbocycles. The third-order valence-electron chi connectivity index (χ3n) is 2.30. The van der Waals surface area contributed by atoms with E-state index in [1.807, 2.05) is 28.7 Å². The number of phenols is 2. The summed E-state index contributed by atoms with van der Waals surface area (Å²) in [6.45, 7) is 0. The largest absolute Gasteiger partial charge is 0.506 e. The van der Waals surface area contributed by atoms with Gasteiger partial charge in [-0.25, -0.2) is 0 Å². The normalized spacial score (nSPS) is 11.0.